The summed E-state index contributed by atoms with van der Waals surface area (Å²) in [4.78, 5) is 14.0. The van der Waals surface area contributed by atoms with Crippen LogP contribution in [0.25, 0.3) is 0 Å². The summed E-state index contributed by atoms with van der Waals surface area (Å²) in [5.74, 6) is -0.319. The number of hydrogen-bond donors (Lipinski definition) is 2. The van der Waals surface area contributed by atoms with E-state index < -0.39 is 0 Å². The topological polar surface area (TPSA) is 67.6 Å². The summed E-state index contributed by atoms with van der Waals surface area (Å²) >= 11 is 11.8. The molecule has 3 N–H and O–H groups in total. The Morgan fingerprint density at radius 3 is 2.70 bits per heavy atom. The molecule has 5 nitrogen and oxygen atoms in total. The molecule has 0 unspecified atom stereocenters. The Morgan fingerprint density at radius 2 is 2.05 bits per heavy atom. The Balaban J connectivity index is 2.40. The van der Waals surface area contributed by atoms with Crippen molar-refractivity contribution >= 4 is 34.8 Å². The van der Waals surface area contributed by atoms with E-state index in [0.29, 0.717) is 25.4 Å². The van der Waals surface area contributed by atoms with E-state index in [0.717, 1.165) is 6.54 Å². The van der Waals surface area contributed by atoms with Gasteiger partial charge in [0.05, 0.1) is 28.8 Å². The van der Waals surface area contributed by atoms with E-state index in [-0.39, 0.29) is 21.5 Å². The van der Waals surface area contributed by atoms with Crippen LogP contribution in [0.2, 0.25) is 10.0 Å². The largest absolute Gasteiger partial charge is 0.399 e. The molecule has 0 aliphatic heterocycles. The Labute approximate surface area is 129 Å². The van der Waals surface area contributed by atoms with Crippen molar-refractivity contribution in [3.8, 4) is 0 Å². The molecule has 0 heterocycles. The van der Waals surface area contributed by atoms with Crippen molar-refractivity contribution < 1.29 is 9.53 Å². The number of ether oxygens (including phenoxy) is 1. The van der Waals surface area contributed by atoms with Crippen molar-refractivity contribution in [3.05, 3.63) is 27.7 Å². The molecule has 0 saturated carbocycles. The summed E-state index contributed by atoms with van der Waals surface area (Å²) in [6.07, 6.45) is 0. The maximum Gasteiger partial charge on any atom is 0.253 e. The summed E-state index contributed by atoms with van der Waals surface area (Å²) in [7, 11) is 3.94. The third kappa shape index (κ3) is 5.54. The first-order valence-electron chi connectivity index (χ1n) is 6.17. The normalized spacial score (nSPS) is 10.8. The van der Waals surface area contributed by atoms with Crippen molar-refractivity contribution in [3.63, 3.8) is 0 Å². The number of rotatable bonds is 7. The van der Waals surface area contributed by atoms with Crippen LogP contribution in [0.3, 0.4) is 0 Å². The van der Waals surface area contributed by atoms with Crippen LogP contribution in [0.1, 0.15) is 10.4 Å². The molecule has 7 heteroatoms. The van der Waals surface area contributed by atoms with Crippen LogP contribution in [0.4, 0.5) is 5.69 Å². The number of carbonyl (C=O) groups is 1. The summed E-state index contributed by atoms with van der Waals surface area (Å²) in [6, 6.07) is 3.00. The molecule has 1 amide bonds. The van der Waals surface area contributed by atoms with E-state index in [4.69, 9.17) is 33.7 Å². The van der Waals surface area contributed by atoms with Crippen LogP contribution < -0.4 is 11.1 Å². The Kier molecular flexibility index (Phi) is 7.09. The van der Waals surface area contributed by atoms with Gasteiger partial charge in [0.25, 0.3) is 5.91 Å². The lowest BCUT2D eigenvalue weighted by Gasteiger charge is -2.11. The first-order chi connectivity index (χ1) is 9.41. The van der Waals surface area contributed by atoms with Crippen LogP contribution >= 0.6 is 23.2 Å². The van der Waals surface area contributed by atoms with Gasteiger partial charge in [-0.1, -0.05) is 23.2 Å². The van der Waals surface area contributed by atoms with Crippen LogP contribution in [0.5, 0.6) is 0 Å². The van der Waals surface area contributed by atoms with Gasteiger partial charge in [-0.15, -0.1) is 0 Å². The van der Waals surface area contributed by atoms with Gasteiger partial charge in [-0.3, -0.25) is 4.79 Å². The van der Waals surface area contributed by atoms with E-state index in [1.807, 2.05) is 19.0 Å². The summed E-state index contributed by atoms with van der Waals surface area (Å²) < 4.78 is 5.37. The number of nitrogens with one attached hydrogen (secondary N) is 1. The number of hydrogen-bond acceptors (Lipinski definition) is 4. The highest BCUT2D eigenvalue weighted by molar-refractivity contribution is 6.44. The molecular formula is C13H19Cl2N3O2. The molecule has 0 aliphatic rings. The van der Waals surface area contributed by atoms with Crippen molar-refractivity contribution in [2.24, 2.45) is 0 Å². The highest BCUT2D eigenvalue weighted by Gasteiger charge is 2.13. The Hall–Kier alpha value is -1.01. The molecule has 0 aromatic heterocycles. The van der Waals surface area contributed by atoms with Gasteiger partial charge in [0, 0.05) is 18.8 Å². The Bertz CT molecular complexity index is 467. The van der Waals surface area contributed by atoms with Crippen molar-refractivity contribution in [1.29, 1.82) is 0 Å². The van der Waals surface area contributed by atoms with Gasteiger partial charge in [0.15, 0.2) is 0 Å². The number of likely N-dealkylation sites (N-methyl/N-ethyl adjacent to an activating group) is 1. The third-order valence-electron chi connectivity index (χ3n) is 2.51. The lowest BCUT2D eigenvalue weighted by Crippen LogP contribution is -2.28. The van der Waals surface area contributed by atoms with Gasteiger partial charge in [-0.2, -0.15) is 0 Å². The zero-order valence-corrected chi connectivity index (χ0v) is 13.1. The van der Waals surface area contributed by atoms with Gasteiger partial charge in [-0.05, 0) is 26.2 Å². The lowest BCUT2D eigenvalue weighted by atomic mass is 10.2. The minimum Gasteiger partial charge on any atom is -0.399 e. The van der Waals surface area contributed by atoms with Crippen molar-refractivity contribution in [2.45, 2.75) is 0 Å². The number of benzene rings is 1. The fraction of sp³-hybridized carbons (Fsp3) is 0.462. The average molecular weight is 320 g/mol. The number of amides is 1. The molecule has 20 heavy (non-hydrogen) atoms. The van der Waals surface area contributed by atoms with Crippen molar-refractivity contribution in [2.75, 3.05) is 46.1 Å². The van der Waals surface area contributed by atoms with Gasteiger partial charge in [0.1, 0.15) is 0 Å². The SMILES string of the molecule is CN(C)CCOCCNC(=O)c1cc(N)cc(Cl)c1Cl. The van der Waals surface area contributed by atoms with Gasteiger partial charge >= 0.3 is 0 Å². The third-order valence-corrected chi connectivity index (χ3v) is 3.31. The van der Waals surface area contributed by atoms with Gasteiger partial charge in [0.2, 0.25) is 0 Å². The van der Waals surface area contributed by atoms with Gasteiger partial charge < -0.3 is 20.7 Å². The van der Waals surface area contributed by atoms with E-state index in [9.17, 15) is 4.79 Å². The molecule has 112 valence electrons. The number of nitrogens with two attached hydrogens (primary N) is 1. The van der Waals surface area contributed by atoms with E-state index in [1.54, 1.807) is 0 Å². The number of carbonyl (C=O) groups excluding carboxylic acids is 1. The summed E-state index contributed by atoms with van der Waals surface area (Å²) in [5.41, 5.74) is 6.30. The monoisotopic (exact) mass is 319 g/mol. The smallest absolute Gasteiger partial charge is 0.253 e. The minimum atomic E-state index is -0.319. The lowest BCUT2D eigenvalue weighted by molar-refractivity contribution is 0.0900. The predicted octanol–water partition coefficient (Wildman–Crippen LogP) is 1.88. The molecular weight excluding hydrogens is 301 g/mol. The zero-order chi connectivity index (χ0) is 15.1. The van der Waals surface area contributed by atoms with E-state index in [1.165, 1.54) is 12.1 Å². The van der Waals surface area contributed by atoms with Crippen molar-refractivity contribution in [1.82, 2.24) is 10.2 Å². The molecule has 0 aliphatic carbocycles. The fourth-order valence-electron chi connectivity index (χ4n) is 1.46. The second kappa shape index (κ2) is 8.32. The summed E-state index contributed by atoms with van der Waals surface area (Å²) in [5, 5.41) is 3.17. The second-order valence-corrected chi connectivity index (χ2v) is 5.32. The first kappa shape index (κ1) is 17.0. The molecule has 0 bridgehead atoms. The second-order valence-electron chi connectivity index (χ2n) is 4.54. The van der Waals surface area contributed by atoms with Gasteiger partial charge in [-0.25, -0.2) is 0 Å². The number of anilines is 1. The first-order valence-corrected chi connectivity index (χ1v) is 6.92. The number of halogens is 2. The molecule has 1 aromatic carbocycles. The molecule has 0 radical (unpaired) electrons. The van der Waals surface area contributed by atoms with Crippen LogP contribution in [0, 0.1) is 0 Å². The molecule has 0 saturated heterocycles. The molecule has 0 spiro atoms. The molecule has 0 atom stereocenters. The van der Waals surface area contributed by atoms with E-state index >= 15 is 0 Å². The van der Waals surface area contributed by atoms with Crippen LogP contribution in [-0.4, -0.2) is 51.2 Å². The quantitative estimate of drug-likeness (QED) is 0.595. The van der Waals surface area contributed by atoms with Crippen LogP contribution in [-0.2, 0) is 4.74 Å². The predicted molar refractivity (Wildman–Crippen MR) is 82.6 cm³/mol. The maximum absolute atomic E-state index is 11.9. The number of nitrogen functional groups attached to an aromatic ring is 1. The summed E-state index contributed by atoms with van der Waals surface area (Å²) in [6.45, 7) is 2.29. The Morgan fingerprint density at radius 1 is 1.35 bits per heavy atom. The molecule has 1 aromatic rings. The fourth-order valence-corrected chi connectivity index (χ4v) is 1.88. The zero-order valence-electron chi connectivity index (χ0n) is 11.6. The maximum atomic E-state index is 11.9. The highest BCUT2D eigenvalue weighted by atomic mass is 35.5. The highest BCUT2D eigenvalue weighted by Crippen LogP contribution is 2.28. The molecule has 1 rings (SSSR count). The van der Waals surface area contributed by atoms with Crippen LogP contribution in [0.15, 0.2) is 12.1 Å². The van der Waals surface area contributed by atoms with E-state index in [2.05, 4.69) is 5.32 Å². The number of nitrogens with zero attached hydrogens (tertiary/aromatic N) is 1. The molecule has 0 fully saturated rings. The standard InChI is InChI=1S/C13H19Cl2N3O2/c1-18(2)4-6-20-5-3-17-13(19)10-7-9(16)8-11(14)12(10)15/h7-8H,3-6,16H2,1-2H3,(H,17,19). The minimum absolute atomic E-state index is 0.201. The average Bonchev–Trinajstić information content (AvgIpc) is 2.37.